The number of hydrogen-bond acceptors (Lipinski definition) is 3. The second-order valence-electron chi connectivity index (χ2n) is 12.3. The van der Waals surface area contributed by atoms with Crippen LogP contribution in [0.5, 0.6) is 0 Å². The lowest BCUT2D eigenvalue weighted by Crippen LogP contribution is -2.37. The van der Waals surface area contributed by atoms with Crippen molar-refractivity contribution in [2.75, 3.05) is 6.61 Å². The first kappa shape index (κ1) is 27.7. The Morgan fingerprint density at radius 1 is 0.951 bits per heavy atom. The van der Waals surface area contributed by atoms with Crippen LogP contribution in [0.4, 0.5) is 0 Å². The van der Waals surface area contributed by atoms with Crippen LogP contribution < -0.4 is 5.32 Å². The van der Waals surface area contributed by atoms with Gasteiger partial charge in [-0.3, -0.25) is 4.79 Å². The Kier molecular flexibility index (Phi) is 8.25. The zero-order chi connectivity index (χ0) is 28.3. The number of fused-ring (bicyclic) bond motifs is 3. The van der Waals surface area contributed by atoms with E-state index < -0.39 is 6.04 Å². The lowest BCUT2D eigenvalue weighted by Gasteiger charge is -2.28. The zero-order valence-corrected chi connectivity index (χ0v) is 24.5. The fraction of sp³-hybridized carbons (Fsp3) is 0.444. The number of aryl methyl sites for hydroxylation is 3. The molecule has 6 rings (SSSR count). The van der Waals surface area contributed by atoms with Crippen LogP contribution in [0.2, 0.25) is 0 Å². The summed E-state index contributed by atoms with van der Waals surface area (Å²) >= 11 is 0. The van der Waals surface area contributed by atoms with E-state index in [0.717, 1.165) is 54.7 Å². The van der Waals surface area contributed by atoms with Crippen molar-refractivity contribution in [3.63, 3.8) is 0 Å². The van der Waals surface area contributed by atoms with E-state index in [4.69, 9.17) is 4.98 Å². The summed E-state index contributed by atoms with van der Waals surface area (Å²) in [5.74, 6) is 0.116. The molecule has 1 fully saturated rings. The van der Waals surface area contributed by atoms with E-state index in [0.29, 0.717) is 5.92 Å². The topological polar surface area (TPSA) is 67.2 Å². The molecule has 2 heterocycles. The van der Waals surface area contributed by atoms with Gasteiger partial charge in [0.2, 0.25) is 5.91 Å². The lowest BCUT2D eigenvalue weighted by atomic mass is 9.80. The van der Waals surface area contributed by atoms with Gasteiger partial charge in [-0.05, 0) is 85.8 Å². The average Bonchev–Trinajstić information content (AvgIpc) is 3.44. The maximum absolute atomic E-state index is 13.9. The Bertz CT molecular complexity index is 1500. The monoisotopic (exact) mass is 549 g/mol. The third kappa shape index (κ3) is 5.70. The van der Waals surface area contributed by atoms with E-state index >= 15 is 0 Å². The van der Waals surface area contributed by atoms with E-state index in [2.05, 4.69) is 54.1 Å². The second-order valence-corrected chi connectivity index (χ2v) is 12.3. The van der Waals surface area contributed by atoms with Crippen LogP contribution in [0.1, 0.15) is 96.1 Å². The van der Waals surface area contributed by atoms with Crippen molar-refractivity contribution in [1.29, 1.82) is 0 Å². The number of carbonyl (C=O) groups is 1. The lowest BCUT2D eigenvalue weighted by molar-refractivity contribution is -0.125. The van der Waals surface area contributed by atoms with Crippen LogP contribution in [0.15, 0.2) is 60.7 Å². The van der Waals surface area contributed by atoms with Gasteiger partial charge in [0.15, 0.2) is 0 Å². The number of nitrogens with zero attached hydrogens (tertiary/aromatic N) is 2. The molecule has 5 nitrogen and oxygen atoms in total. The quantitative estimate of drug-likeness (QED) is 0.231. The summed E-state index contributed by atoms with van der Waals surface area (Å²) in [7, 11) is 0. The minimum atomic E-state index is -0.403. The summed E-state index contributed by atoms with van der Waals surface area (Å²) < 4.78 is 2.44. The molecule has 0 bridgehead atoms. The van der Waals surface area contributed by atoms with Gasteiger partial charge < -0.3 is 15.0 Å². The van der Waals surface area contributed by atoms with E-state index in [1.807, 2.05) is 30.3 Å². The number of pyridine rings is 1. The van der Waals surface area contributed by atoms with Gasteiger partial charge in [0.05, 0.1) is 18.6 Å². The largest absolute Gasteiger partial charge is 0.394 e. The molecule has 5 heteroatoms. The van der Waals surface area contributed by atoms with Crippen molar-refractivity contribution < 1.29 is 9.90 Å². The van der Waals surface area contributed by atoms with Crippen LogP contribution in [-0.4, -0.2) is 27.2 Å². The molecule has 214 valence electrons. The average molecular weight is 550 g/mol. The fourth-order valence-electron chi connectivity index (χ4n) is 7.45. The molecular formula is C36H43N3O2. The normalized spacial score (nSPS) is 17.2. The summed E-state index contributed by atoms with van der Waals surface area (Å²) in [6.07, 6.45) is 10.4. The smallest absolute Gasteiger partial charge is 0.228 e. The van der Waals surface area contributed by atoms with Gasteiger partial charge in [0.25, 0.3) is 0 Å². The molecule has 2 aliphatic carbocycles. The maximum Gasteiger partial charge on any atom is 0.228 e. The third-order valence-corrected chi connectivity index (χ3v) is 9.43. The Morgan fingerprint density at radius 2 is 1.68 bits per heavy atom. The first-order valence-corrected chi connectivity index (χ1v) is 15.6. The summed E-state index contributed by atoms with van der Waals surface area (Å²) in [5, 5.41) is 14.7. The number of benzene rings is 2. The molecule has 2 N–H and O–H groups in total. The summed E-state index contributed by atoms with van der Waals surface area (Å²) in [5.41, 5.74) is 9.69. The first-order chi connectivity index (χ1) is 20.0. The van der Waals surface area contributed by atoms with E-state index in [1.165, 1.54) is 59.9 Å². The predicted molar refractivity (Wildman–Crippen MR) is 165 cm³/mol. The van der Waals surface area contributed by atoms with E-state index in [-0.39, 0.29) is 18.4 Å². The second kappa shape index (κ2) is 12.2. The van der Waals surface area contributed by atoms with Crippen molar-refractivity contribution in [1.82, 2.24) is 14.9 Å². The molecular weight excluding hydrogens is 506 g/mol. The van der Waals surface area contributed by atoms with Crippen LogP contribution in [0.3, 0.4) is 0 Å². The van der Waals surface area contributed by atoms with Gasteiger partial charge in [-0.25, -0.2) is 4.98 Å². The molecule has 1 saturated carbocycles. The highest BCUT2D eigenvalue weighted by atomic mass is 16.3. The third-order valence-electron chi connectivity index (χ3n) is 9.43. The molecule has 2 aromatic carbocycles. The Balaban J connectivity index is 1.29. The van der Waals surface area contributed by atoms with Crippen LogP contribution in [-0.2, 0) is 24.2 Å². The highest BCUT2D eigenvalue weighted by Gasteiger charge is 2.32. The number of rotatable bonds is 8. The predicted octanol–water partition coefficient (Wildman–Crippen LogP) is 7.09. The first-order valence-electron chi connectivity index (χ1n) is 15.6. The van der Waals surface area contributed by atoms with Crippen LogP contribution >= 0.6 is 0 Å². The zero-order valence-electron chi connectivity index (χ0n) is 24.5. The standard InChI is InChI=1S/C36H43N3O2/c1-24-21-25(2)37-35-33(24)30-15-10-16-32(30)39(35)22-26-17-19-29(20-18-26)34(28-13-6-3-4-7-14-28)36(41)38-31(23-40)27-11-8-5-9-12-27/h5,8-9,11-12,17-21,28,31,34,40H,3-4,6-7,10,13-16,22-23H2,1-2H3,(H,38,41). The summed E-state index contributed by atoms with van der Waals surface area (Å²) in [4.78, 5) is 18.9. The maximum atomic E-state index is 13.9. The van der Waals surface area contributed by atoms with Gasteiger partial charge >= 0.3 is 0 Å². The SMILES string of the molecule is Cc1cc(C)c2c3c(n(Cc4ccc(C(C(=O)NC(CO)c5ccccc5)C5CCCCCC5)cc4)c2n1)CCC3. The van der Waals surface area contributed by atoms with Crippen LogP contribution in [0, 0.1) is 19.8 Å². The molecule has 0 spiro atoms. The van der Waals surface area contributed by atoms with Gasteiger partial charge in [-0.1, -0.05) is 80.3 Å². The van der Waals surface area contributed by atoms with E-state index in [1.54, 1.807) is 0 Å². The minimum Gasteiger partial charge on any atom is -0.394 e. The number of amides is 1. The van der Waals surface area contributed by atoms with Gasteiger partial charge in [0, 0.05) is 23.3 Å². The molecule has 2 aliphatic rings. The highest BCUT2D eigenvalue weighted by Crippen LogP contribution is 2.37. The van der Waals surface area contributed by atoms with Gasteiger partial charge in [-0.15, -0.1) is 0 Å². The van der Waals surface area contributed by atoms with Crippen molar-refractivity contribution in [2.45, 2.75) is 90.1 Å². The number of aliphatic hydroxyl groups is 1. The molecule has 2 aromatic heterocycles. The molecule has 1 amide bonds. The van der Waals surface area contributed by atoms with Crippen molar-refractivity contribution in [3.8, 4) is 0 Å². The summed E-state index contributed by atoms with van der Waals surface area (Å²) in [6.45, 7) is 4.98. The molecule has 2 unspecified atom stereocenters. The van der Waals surface area contributed by atoms with E-state index in [9.17, 15) is 9.90 Å². The Morgan fingerprint density at radius 3 is 2.39 bits per heavy atom. The van der Waals surface area contributed by atoms with Crippen molar-refractivity contribution >= 4 is 16.9 Å². The molecule has 2 atom stereocenters. The fourth-order valence-corrected chi connectivity index (χ4v) is 7.45. The molecule has 0 aliphatic heterocycles. The Labute approximate surface area is 244 Å². The summed E-state index contributed by atoms with van der Waals surface area (Å²) in [6, 6.07) is 20.4. The molecule has 41 heavy (non-hydrogen) atoms. The molecule has 0 saturated heterocycles. The number of hydrogen-bond donors (Lipinski definition) is 2. The van der Waals surface area contributed by atoms with Crippen molar-refractivity contribution in [3.05, 3.63) is 99.9 Å². The molecule has 0 radical (unpaired) electrons. The van der Waals surface area contributed by atoms with Crippen LogP contribution in [0.25, 0.3) is 11.0 Å². The number of aliphatic hydroxyl groups excluding tert-OH is 1. The van der Waals surface area contributed by atoms with Gasteiger partial charge in [-0.2, -0.15) is 0 Å². The highest BCUT2D eigenvalue weighted by molar-refractivity contribution is 5.87. The number of nitrogens with one attached hydrogen (secondary N) is 1. The Hall–Kier alpha value is -3.44. The number of carbonyl (C=O) groups excluding carboxylic acids is 1. The number of aromatic nitrogens is 2. The van der Waals surface area contributed by atoms with Gasteiger partial charge in [0.1, 0.15) is 5.65 Å². The van der Waals surface area contributed by atoms with Crippen molar-refractivity contribution in [2.24, 2.45) is 5.92 Å². The minimum absolute atomic E-state index is 0.0249. The molecule has 4 aromatic rings.